The Labute approximate surface area is 125 Å². The van der Waals surface area contributed by atoms with E-state index in [0.717, 1.165) is 18.8 Å². The van der Waals surface area contributed by atoms with Crippen LogP contribution in [-0.4, -0.2) is 11.1 Å². The second-order valence-electron chi connectivity index (χ2n) is 5.52. The van der Waals surface area contributed by atoms with Gasteiger partial charge in [-0.05, 0) is 24.8 Å². The van der Waals surface area contributed by atoms with E-state index in [2.05, 4.69) is 6.92 Å². The highest BCUT2D eigenvalue weighted by Gasteiger charge is 2.21. The smallest absolute Gasteiger partial charge is 0.138 e. The highest BCUT2D eigenvalue weighted by molar-refractivity contribution is 7.80. The van der Waals surface area contributed by atoms with Gasteiger partial charge in [-0.3, -0.25) is 0 Å². The lowest BCUT2D eigenvalue weighted by atomic mass is 9.85. The molecule has 4 heteroatoms. The Morgan fingerprint density at radius 1 is 1.45 bits per heavy atom. The monoisotopic (exact) mass is 295 g/mol. The molecule has 0 bridgehead atoms. The fraction of sp³-hybridized carbons (Fsp3) is 0.562. The van der Waals surface area contributed by atoms with E-state index in [9.17, 15) is 4.39 Å². The average molecular weight is 295 g/mol. The van der Waals surface area contributed by atoms with Crippen molar-refractivity contribution in [1.82, 2.24) is 0 Å². The second-order valence-corrected chi connectivity index (χ2v) is 5.96. The first-order chi connectivity index (χ1) is 9.61. The molecule has 0 amide bonds. The minimum atomic E-state index is -0.345. The number of rotatable bonds is 5. The molecule has 2 rings (SSSR count). The molecule has 1 aliphatic carbocycles. The lowest BCUT2D eigenvalue weighted by molar-refractivity contribution is 0.000655. The van der Waals surface area contributed by atoms with Crippen molar-refractivity contribution in [2.45, 2.75) is 51.7 Å². The number of benzene rings is 1. The van der Waals surface area contributed by atoms with E-state index in [1.165, 1.54) is 19.3 Å². The Balaban J connectivity index is 1.97. The quantitative estimate of drug-likeness (QED) is 0.836. The minimum absolute atomic E-state index is 0.0908. The van der Waals surface area contributed by atoms with E-state index in [1.807, 2.05) is 0 Å². The van der Waals surface area contributed by atoms with Crippen molar-refractivity contribution < 1.29 is 9.13 Å². The van der Waals surface area contributed by atoms with Crippen LogP contribution in [0.25, 0.3) is 0 Å². The number of nitrogens with two attached hydrogens (primary N) is 1. The molecular formula is C16H22FNOS. The summed E-state index contributed by atoms with van der Waals surface area (Å²) in [7, 11) is 0. The Hall–Kier alpha value is -1.00. The van der Waals surface area contributed by atoms with Gasteiger partial charge >= 0.3 is 0 Å². The van der Waals surface area contributed by atoms with Gasteiger partial charge in [0.05, 0.1) is 12.7 Å². The van der Waals surface area contributed by atoms with Gasteiger partial charge < -0.3 is 10.5 Å². The number of halogens is 1. The van der Waals surface area contributed by atoms with Crippen LogP contribution in [0.2, 0.25) is 0 Å². The molecule has 2 unspecified atom stereocenters. The van der Waals surface area contributed by atoms with Crippen LogP contribution in [0, 0.1) is 11.7 Å². The number of thiocarbonyl (C=S) groups is 1. The summed E-state index contributed by atoms with van der Waals surface area (Å²) >= 11 is 4.85. The average Bonchev–Trinajstić information content (AvgIpc) is 2.46. The third-order valence-electron chi connectivity index (χ3n) is 4.13. The molecule has 0 spiro atoms. The Bertz CT molecular complexity index is 478. The van der Waals surface area contributed by atoms with Crippen molar-refractivity contribution in [3.63, 3.8) is 0 Å². The summed E-state index contributed by atoms with van der Waals surface area (Å²) < 4.78 is 20.1. The van der Waals surface area contributed by atoms with Crippen LogP contribution >= 0.6 is 12.2 Å². The van der Waals surface area contributed by atoms with E-state index in [0.29, 0.717) is 17.7 Å². The van der Waals surface area contributed by atoms with Crippen LogP contribution in [0.1, 0.15) is 50.2 Å². The third kappa shape index (κ3) is 3.76. The summed E-state index contributed by atoms with van der Waals surface area (Å²) in [5.41, 5.74) is 6.35. The molecule has 1 aromatic carbocycles. The van der Waals surface area contributed by atoms with Gasteiger partial charge in [0.2, 0.25) is 0 Å². The summed E-state index contributed by atoms with van der Waals surface area (Å²) in [6.45, 7) is 2.52. The molecule has 0 heterocycles. The van der Waals surface area contributed by atoms with Crippen molar-refractivity contribution in [2.24, 2.45) is 11.7 Å². The highest BCUT2D eigenvalue weighted by Crippen LogP contribution is 2.29. The molecule has 2 N–H and O–H groups in total. The first kappa shape index (κ1) is 15.4. The van der Waals surface area contributed by atoms with Gasteiger partial charge in [-0.1, -0.05) is 50.5 Å². The van der Waals surface area contributed by atoms with Crippen molar-refractivity contribution in [1.29, 1.82) is 0 Å². The molecule has 0 saturated heterocycles. The fourth-order valence-electron chi connectivity index (χ4n) is 2.85. The maximum Gasteiger partial charge on any atom is 0.138 e. The maximum absolute atomic E-state index is 14.2. The Kier molecular flexibility index (Phi) is 5.49. The van der Waals surface area contributed by atoms with Crippen molar-refractivity contribution >= 4 is 17.2 Å². The lowest BCUT2D eigenvalue weighted by Gasteiger charge is -2.28. The van der Waals surface area contributed by atoms with E-state index in [4.69, 9.17) is 22.7 Å². The van der Waals surface area contributed by atoms with E-state index < -0.39 is 0 Å². The first-order valence-electron chi connectivity index (χ1n) is 7.30. The van der Waals surface area contributed by atoms with E-state index >= 15 is 0 Å². The topological polar surface area (TPSA) is 35.2 Å². The standard InChI is InChI=1S/C16H22FNOS/c1-2-11-5-3-7-13(9-11)19-10-12-6-4-8-14(15(12)17)16(18)20/h4,6,8,11,13H,2-3,5,7,9-10H2,1H3,(H2,18,20). The molecule has 110 valence electrons. The van der Waals surface area contributed by atoms with Gasteiger partial charge in [0.25, 0.3) is 0 Å². The molecule has 0 radical (unpaired) electrons. The summed E-state index contributed by atoms with van der Waals surface area (Å²) in [5.74, 6) is 0.407. The second kappa shape index (κ2) is 7.14. The maximum atomic E-state index is 14.2. The van der Waals surface area contributed by atoms with E-state index in [-0.39, 0.29) is 16.9 Å². The summed E-state index contributed by atoms with van der Waals surface area (Å²) in [6.07, 6.45) is 6.12. The number of hydrogen-bond acceptors (Lipinski definition) is 2. The molecule has 1 aliphatic rings. The number of ether oxygens (including phenoxy) is 1. The van der Waals surface area contributed by atoms with Crippen LogP contribution in [0.15, 0.2) is 18.2 Å². The van der Waals surface area contributed by atoms with E-state index in [1.54, 1.807) is 18.2 Å². The van der Waals surface area contributed by atoms with Gasteiger partial charge in [-0.25, -0.2) is 4.39 Å². The third-order valence-corrected chi connectivity index (χ3v) is 4.35. The largest absolute Gasteiger partial charge is 0.389 e. The predicted molar refractivity (Wildman–Crippen MR) is 83.1 cm³/mol. The van der Waals surface area contributed by atoms with Crippen LogP contribution in [0.5, 0.6) is 0 Å². The molecule has 1 aromatic rings. The molecule has 1 saturated carbocycles. The highest BCUT2D eigenvalue weighted by atomic mass is 32.1. The molecule has 1 fully saturated rings. The Morgan fingerprint density at radius 2 is 2.25 bits per heavy atom. The van der Waals surface area contributed by atoms with Gasteiger partial charge in [-0.2, -0.15) is 0 Å². The zero-order valence-corrected chi connectivity index (χ0v) is 12.7. The van der Waals surface area contributed by atoms with Crippen LogP contribution in [-0.2, 0) is 11.3 Å². The molecular weight excluding hydrogens is 273 g/mol. The van der Waals surface area contributed by atoms with Crippen LogP contribution in [0.4, 0.5) is 4.39 Å². The van der Waals surface area contributed by atoms with Gasteiger partial charge in [0.15, 0.2) is 0 Å². The minimum Gasteiger partial charge on any atom is -0.389 e. The number of hydrogen-bond donors (Lipinski definition) is 1. The molecule has 20 heavy (non-hydrogen) atoms. The molecule has 2 atom stereocenters. The molecule has 2 nitrogen and oxygen atoms in total. The van der Waals surface area contributed by atoms with Gasteiger partial charge in [-0.15, -0.1) is 0 Å². The molecule has 0 aliphatic heterocycles. The summed E-state index contributed by atoms with van der Waals surface area (Å²) in [5, 5.41) is 0. The van der Waals surface area contributed by atoms with Gasteiger partial charge in [0.1, 0.15) is 10.8 Å². The SMILES string of the molecule is CCC1CCCC(OCc2cccc(C(N)=S)c2F)C1. The molecule has 0 aromatic heterocycles. The predicted octanol–water partition coefficient (Wildman–Crippen LogP) is 3.95. The van der Waals surface area contributed by atoms with Crippen LogP contribution < -0.4 is 5.73 Å². The zero-order valence-electron chi connectivity index (χ0n) is 11.9. The summed E-state index contributed by atoms with van der Waals surface area (Å²) in [6, 6.07) is 5.11. The normalized spacial score (nSPS) is 22.7. The zero-order chi connectivity index (χ0) is 14.5. The summed E-state index contributed by atoms with van der Waals surface area (Å²) in [4.78, 5) is 0.0908. The Morgan fingerprint density at radius 3 is 2.95 bits per heavy atom. The van der Waals surface area contributed by atoms with Crippen molar-refractivity contribution in [3.05, 3.63) is 35.1 Å². The first-order valence-corrected chi connectivity index (χ1v) is 7.71. The van der Waals surface area contributed by atoms with Crippen molar-refractivity contribution in [3.8, 4) is 0 Å². The van der Waals surface area contributed by atoms with Crippen molar-refractivity contribution in [2.75, 3.05) is 0 Å². The van der Waals surface area contributed by atoms with Gasteiger partial charge in [0, 0.05) is 11.1 Å². The fourth-order valence-corrected chi connectivity index (χ4v) is 3.01. The lowest BCUT2D eigenvalue weighted by Crippen LogP contribution is -2.23. The van der Waals surface area contributed by atoms with Crippen LogP contribution in [0.3, 0.4) is 0 Å².